The topological polar surface area (TPSA) is 179 Å². The molecule has 0 fully saturated rings. The Morgan fingerprint density at radius 3 is 2.18 bits per heavy atom. The van der Waals surface area contributed by atoms with Crippen molar-refractivity contribution in [2.75, 3.05) is 5.32 Å². The molecule has 2 aromatic carbocycles. The molecule has 0 spiro atoms. The molecule has 0 aliphatic heterocycles. The number of fused-ring (bicyclic) bond motifs is 1. The summed E-state index contributed by atoms with van der Waals surface area (Å²) >= 11 is 0. The summed E-state index contributed by atoms with van der Waals surface area (Å²) < 4.78 is 0. The van der Waals surface area contributed by atoms with Crippen LogP contribution in [0.1, 0.15) is 37.6 Å². The molecule has 0 aliphatic rings. The van der Waals surface area contributed by atoms with Gasteiger partial charge in [0.2, 0.25) is 11.8 Å². The van der Waals surface area contributed by atoms with Crippen molar-refractivity contribution in [2.45, 2.75) is 45.3 Å². The Labute approximate surface area is 224 Å². The molecule has 0 saturated heterocycles. The average Bonchev–Trinajstić information content (AvgIpc) is 2.90. The Morgan fingerprint density at radius 1 is 0.897 bits per heavy atom. The number of nitrogens with one attached hydrogen (secondary N) is 4. The highest BCUT2D eigenvalue weighted by Crippen LogP contribution is 2.18. The standard InChI is InChI=1S/C27H30N6O6/c1-15(2)24(27(39)29-16(3)25(37)31-19(14-34)12-23(35)36)33-26(38)17-8-10-18(11-9-17)30-22-13-28-20-6-4-5-7-21(20)32-22/h4-11,13-16,19,24H,12H2,1-3H3,(H,29,39)(H,30,32)(H,31,37)(H,33,38)(H,35,36)/t16-,19-,24-/m0/s1. The number of hydrogen-bond donors (Lipinski definition) is 5. The fourth-order valence-electron chi connectivity index (χ4n) is 3.63. The second-order valence-corrected chi connectivity index (χ2v) is 9.22. The minimum absolute atomic E-state index is 0.313. The van der Waals surface area contributed by atoms with Crippen molar-refractivity contribution in [3.05, 3.63) is 60.3 Å². The van der Waals surface area contributed by atoms with Gasteiger partial charge in [-0.3, -0.25) is 24.2 Å². The number of nitrogens with zero attached hydrogens (tertiary/aromatic N) is 2. The van der Waals surface area contributed by atoms with E-state index in [0.29, 0.717) is 23.4 Å². The summed E-state index contributed by atoms with van der Waals surface area (Å²) in [6, 6.07) is 10.8. The number of carbonyl (C=O) groups is 5. The zero-order valence-electron chi connectivity index (χ0n) is 21.7. The van der Waals surface area contributed by atoms with Crippen LogP contribution >= 0.6 is 0 Å². The van der Waals surface area contributed by atoms with Gasteiger partial charge in [0.15, 0.2) is 0 Å². The number of carboxylic acid groups (broad SMARTS) is 1. The first kappa shape index (κ1) is 28.7. The molecule has 0 unspecified atom stereocenters. The van der Waals surface area contributed by atoms with E-state index in [4.69, 9.17) is 5.11 Å². The van der Waals surface area contributed by atoms with Crippen LogP contribution in [0.5, 0.6) is 0 Å². The van der Waals surface area contributed by atoms with Gasteiger partial charge < -0.3 is 31.2 Å². The Kier molecular flexibility index (Phi) is 9.63. The fourth-order valence-corrected chi connectivity index (χ4v) is 3.63. The number of carbonyl (C=O) groups excluding carboxylic acids is 4. The van der Waals surface area contributed by atoms with Gasteiger partial charge in [-0.1, -0.05) is 26.0 Å². The molecule has 0 saturated carbocycles. The third kappa shape index (κ3) is 8.06. The van der Waals surface area contributed by atoms with Crippen molar-refractivity contribution in [3.8, 4) is 0 Å². The molecule has 39 heavy (non-hydrogen) atoms. The number of amides is 3. The van der Waals surface area contributed by atoms with E-state index in [2.05, 4.69) is 31.2 Å². The van der Waals surface area contributed by atoms with Gasteiger partial charge in [-0.15, -0.1) is 0 Å². The first-order valence-electron chi connectivity index (χ1n) is 12.2. The van der Waals surface area contributed by atoms with Crippen LogP contribution in [0.2, 0.25) is 0 Å². The highest BCUT2D eigenvalue weighted by atomic mass is 16.4. The average molecular weight is 535 g/mol. The SMILES string of the molecule is CC(C)[C@H](NC(=O)c1ccc(Nc2cnc3ccccc3n2)cc1)C(=O)N[C@@H](C)C(=O)N[C@H](C=O)CC(=O)O. The molecule has 3 aromatic rings. The van der Waals surface area contributed by atoms with Gasteiger partial charge in [0.25, 0.3) is 5.91 Å². The van der Waals surface area contributed by atoms with Crippen LogP contribution in [-0.4, -0.2) is 63.2 Å². The summed E-state index contributed by atoms with van der Waals surface area (Å²) in [4.78, 5) is 68.7. The summed E-state index contributed by atoms with van der Waals surface area (Å²) in [5, 5.41) is 19.4. The molecule has 3 amide bonds. The Balaban J connectivity index is 1.60. The number of carboxylic acids is 1. The first-order chi connectivity index (χ1) is 18.6. The summed E-state index contributed by atoms with van der Waals surface area (Å²) in [7, 11) is 0. The van der Waals surface area contributed by atoms with Gasteiger partial charge in [0.05, 0.1) is 29.7 Å². The van der Waals surface area contributed by atoms with E-state index in [1.54, 1.807) is 44.3 Å². The van der Waals surface area contributed by atoms with E-state index in [1.807, 2.05) is 24.3 Å². The largest absolute Gasteiger partial charge is 0.481 e. The number of rotatable bonds is 12. The number of para-hydroxylation sites is 2. The fraction of sp³-hybridized carbons (Fsp3) is 0.296. The van der Waals surface area contributed by atoms with Crippen molar-refractivity contribution in [1.82, 2.24) is 25.9 Å². The molecular formula is C27H30N6O6. The second kappa shape index (κ2) is 13.1. The van der Waals surface area contributed by atoms with E-state index in [9.17, 15) is 24.0 Å². The summed E-state index contributed by atoms with van der Waals surface area (Å²) in [6.07, 6.45) is 1.35. The Hall–Kier alpha value is -4.87. The molecule has 1 aromatic heterocycles. The van der Waals surface area contributed by atoms with Gasteiger partial charge in [0.1, 0.15) is 24.2 Å². The number of benzene rings is 2. The lowest BCUT2D eigenvalue weighted by Crippen LogP contribution is -2.55. The lowest BCUT2D eigenvalue weighted by atomic mass is 10.0. The summed E-state index contributed by atoms with van der Waals surface area (Å²) in [5.74, 6) is -2.84. The molecular weight excluding hydrogens is 504 g/mol. The van der Waals surface area contributed by atoms with Crippen LogP contribution in [0.25, 0.3) is 11.0 Å². The van der Waals surface area contributed by atoms with Gasteiger partial charge in [-0.05, 0) is 49.2 Å². The smallest absolute Gasteiger partial charge is 0.305 e. The Bertz CT molecular complexity index is 1360. The molecule has 5 N–H and O–H groups in total. The minimum Gasteiger partial charge on any atom is -0.481 e. The zero-order valence-corrected chi connectivity index (χ0v) is 21.7. The first-order valence-corrected chi connectivity index (χ1v) is 12.2. The van der Waals surface area contributed by atoms with Crippen LogP contribution in [0.15, 0.2) is 54.7 Å². The predicted molar refractivity (Wildman–Crippen MR) is 143 cm³/mol. The second-order valence-electron chi connectivity index (χ2n) is 9.22. The predicted octanol–water partition coefficient (Wildman–Crippen LogP) is 1.79. The van der Waals surface area contributed by atoms with Crippen LogP contribution < -0.4 is 21.3 Å². The number of aromatic nitrogens is 2. The van der Waals surface area contributed by atoms with Crippen molar-refractivity contribution >= 4 is 52.5 Å². The molecule has 0 aliphatic carbocycles. The summed E-state index contributed by atoms with van der Waals surface area (Å²) in [5.41, 5.74) is 2.52. The lowest BCUT2D eigenvalue weighted by Gasteiger charge is -2.24. The third-order valence-electron chi connectivity index (χ3n) is 5.74. The van der Waals surface area contributed by atoms with Crippen LogP contribution in [0.4, 0.5) is 11.5 Å². The van der Waals surface area contributed by atoms with E-state index in [0.717, 1.165) is 11.0 Å². The lowest BCUT2D eigenvalue weighted by molar-refractivity contribution is -0.139. The third-order valence-corrected chi connectivity index (χ3v) is 5.74. The maximum Gasteiger partial charge on any atom is 0.305 e. The quantitative estimate of drug-likeness (QED) is 0.217. The normalized spacial score (nSPS) is 13.1. The van der Waals surface area contributed by atoms with Crippen molar-refractivity contribution in [3.63, 3.8) is 0 Å². The molecule has 0 radical (unpaired) electrons. The molecule has 3 atom stereocenters. The van der Waals surface area contributed by atoms with Crippen LogP contribution in [0.3, 0.4) is 0 Å². The molecule has 3 rings (SSSR count). The van der Waals surface area contributed by atoms with E-state index in [1.165, 1.54) is 6.92 Å². The zero-order chi connectivity index (χ0) is 28.5. The van der Waals surface area contributed by atoms with Crippen molar-refractivity contribution in [1.29, 1.82) is 0 Å². The maximum absolute atomic E-state index is 12.9. The number of anilines is 2. The van der Waals surface area contributed by atoms with Gasteiger partial charge in [-0.25, -0.2) is 4.98 Å². The van der Waals surface area contributed by atoms with Gasteiger partial charge >= 0.3 is 5.97 Å². The summed E-state index contributed by atoms with van der Waals surface area (Å²) in [6.45, 7) is 4.87. The van der Waals surface area contributed by atoms with E-state index < -0.39 is 48.2 Å². The van der Waals surface area contributed by atoms with Crippen molar-refractivity contribution < 1.29 is 29.1 Å². The molecule has 12 nitrogen and oxygen atoms in total. The van der Waals surface area contributed by atoms with Gasteiger partial charge in [-0.2, -0.15) is 0 Å². The minimum atomic E-state index is -1.25. The molecule has 1 heterocycles. The number of hydrogen-bond acceptors (Lipinski definition) is 8. The highest BCUT2D eigenvalue weighted by molar-refractivity contribution is 5.99. The monoisotopic (exact) mass is 534 g/mol. The van der Waals surface area contributed by atoms with Crippen LogP contribution in [-0.2, 0) is 19.2 Å². The molecule has 0 bridgehead atoms. The van der Waals surface area contributed by atoms with E-state index in [-0.39, 0.29) is 5.92 Å². The van der Waals surface area contributed by atoms with Crippen molar-refractivity contribution in [2.24, 2.45) is 5.92 Å². The van der Waals surface area contributed by atoms with Gasteiger partial charge in [0, 0.05) is 11.3 Å². The maximum atomic E-state index is 12.9. The Morgan fingerprint density at radius 2 is 1.56 bits per heavy atom. The number of aldehydes is 1. The molecule has 12 heteroatoms. The van der Waals surface area contributed by atoms with Crippen LogP contribution in [0, 0.1) is 5.92 Å². The van der Waals surface area contributed by atoms with E-state index >= 15 is 0 Å². The molecule has 204 valence electrons. The highest BCUT2D eigenvalue weighted by Gasteiger charge is 2.28. The number of aliphatic carboxylic acids is 1.